The quantitative estimate of drug-likeness (QED) is 0.703. The van der Waals surface area contributed by atoms with Crippen LogP contribution in [0.4, 0.5) is 0 Å². The van der Waals surface area contributed by atoms with E-state index < -0.39 is 11.4 Å². The van der Waals surface area contributed by atoms with Crippen LogP contribution in [0.2, 0.25) is 0 Å². The molecule has 6 nitrogen and oxygen atoms in total. The summed E-state index contributed by atoms with van der Waals surface area (Å²) in [5.41, 5.74) is 0.0951. The molecule has 1 N–H and O–H groups in total. The first-order valence-electron chi connectivity index (χ1n) is 8.26. The van der Waals surface area contributed by atoms with Gasteiger partial charge >= 0.3 is 5.97 Å². The van der Waals surface area contributed by atoms with E-state index >= 15 is 0 Å². The molecule has 3 aromatic rings. The molecule has 0 atom stereocenters. The van der Waals surface area contributed by atoms with Crippen molar-refractivity contribution in [3.8, 4) is 22.6 Å². The lowest BCUT2D eigenvalue weighted by atomic mass is 10.0. The number of benzene rings is 2. The predicted molar refractivity (Wildman–Crippen MR) is 96.7 cm³/mol. The topological polar surface area (TPSA) is 86.0 Å². The number of ether oxygens (including phenoxy) is 2. The van der Waals surface area contributed by atoms with Gasteiger partial charge in [0.15, 0.2) is 0 Å². The molecule has 26 heavy (non-hydrogen) atoms. The Hall–Kier alpha value is -3.28. The number of phenols is 1. The lowest BCUT2D eigenvalue weighted by Crippen LogP contribution is -2.15. The SMILES string of the molecule is CCOC(=O)c1oc2cc(OCC)cc(O)c2c(=O)c1-c1ccccc1. The van der Waals surface area contributed by atoms with E-state index in [0.717, 1.165) is 0 Å². The summed E-state index contributed by atoms with van der Waals surface area (Å²) in [6.07, 6.45) is 0. The highest BCUT2D eigenvalue weighted by molar-refractivity contribution is 5.99. The van der Waals surface area contributed by atoms with Crippen molar-refractivity contribution in [3.63, 3.8) is 0 Å². The molecule has 0 saturated heterocycles. The van der Waals surface area contributed by atoms with Gasteiger partial charge in [-0.25, -0.2) is 4.79 Å². The summed E-state index contributed by atoms with van der Waals surface area (Å²) in [5.74, 6) is -0.884. The fourth-order valence-electron chi connectivity index (χ4n) is 2.73. The maximum absolute atomic E-state index is 13.1. The lowest BCUT2D eigenvalue weighted by Gasteiger charge is -2.11. The van der Waals surface area contributed by atoms with Gasteiger partial charge in [-0.3, -0.25) is 4.79 Å². The lowest BCUT2D eigenvalue weighted by molar-refractivity contribution is 0.0492. The predicted octanol–water partition coefficient (Wildman–Crippen LogP) is 3.74. The van der Waals surface area contributed by atoms with Crippen LogP contribution in [0.3, 0.4) is 0 Å². The number of carbonyl (C=O) groups excluding carboxylic acids is 1. The molecule has 0 radical (unpaired) electrons. The van der Waals surface area contributed by atoms with Gasteiger partial charge in [-0.05, 0) is 19.4 Å². The normalized spacial score (nSPS) is 10.7. The first kappa shape index (κ1) is 17.5. The Morgan fingerprint density at radius 2 is 1.85 bits per heavy atom. The molecule has 134 valence electrons. The molecule has 0 spiro atoms. The van der Waals surface area contributed by atoms with Crippen molar-refractivity contribution in [1.82, 2.24) is 0 Å². The molecule has 0 aliphatic heterocycles. The molecule has 0 fully saturated rings. The number of aromatic hydroxyl groups is 1. The Balaban J connectivity index is 2.37. The van der Waals surface area contributed by atoms with Gasteiger partial charge in [0.25, 0.3) is 0 Å². The smallest absolute Gasteiger partial charge is 0.375 e. The minimum atomic E-state index is -0.744. The zero-order chi connectivity index (χ0) is 18.7. The molecule has 0 amide bonds. The Morgan fingerprint density at radius 3 is 2.50 bits per heavy atom. The number of fused-ring (bicyclic) bond motifs is 1. The van der Waals surface area contributed by atoms with Gasteiger partial charge in [-0.2, -0.15) is 0 Å². The van der Waals surface area contributed by atoms with Gasteiger partial charge in [0.05, 0.1) is 18.8 Å². The summed E-state index contributed by atoms with van der Waals surface area (Å²) < 4.78 is 16.1. The minimum Gasteiger partial charge on any atom is -0.507 e. The fourth-order valence-corrected chi connectivity index (χ4v) is 2.73. The highest BCUT2D eigenvalue weighted by Gasteiger charge is 2.24. The van der Waals surface area contributed by atoms with Crippen LogP contribution < -0.4 is 10.2 Å². The van der Waals surface area contributed by atoms with Crippen molar-refractivity contribution in [2.24, 2.45) is 0 Å². The Labute approximate surface area is 149 Å². The standard InChI is InChI=1S/C20H18O6/c1-3-24-13-10-14(21)17-15(11-13)26-19(20(23)25-4-2)16(18(17)22)12-8-6-5-7-9-12/h5-11,21H,3-4H2,1-2H3. The van der Waals surface area contributed by atoms with Crippen molar-refractivity contribution in [1.29, 1.82) is 0 Å². The van der Waals surface area contributed by atoms with Gasteiger partial charge in [-0.15, -0.1) is 0 Å². The molecular formula is C20H18O6. The van der Waals surface area contributed by atoms with E-state index in [4.69, 9.17) is 13.9 Å². The molecular weight excluding hydrogens is 336 g/mol. The molecule has 0 unspecified atom stereocenters. The third kappa shape index (κ3) is 3.13. The fraction of sp³-hybridized carbons (Fsp3) is 0.200. The van der Waals surface area contributed by atoms with E-state index in [9.17, 15) is 14.7 Å². The summed E-state index contributed by atoms with van der Waals surface area (Å²) in [6.45, 7) is 3.97. The number of hydrogen-bond acceptors (Lipinski definition) is 6. The zero-order valence-corrected chi connectivity index (χ0v) is 14.4. The van der Waals surface area contributed by atoms with Crippen LogP contribution in [0.25, 0.3) is 22.1 Å². The second kappa shape index (κ2) is 7.31. The van der Waals surface area contributed by atoms with Crippen LogP contribution in [0.5, 0.6) is 11.5 Å². The maximum Gasteiger partial charge on any atom is 0.375 e. The number of rotatable bonds is 5. The number of carbonyl (C=O) groups is 1. The third-order valence-corrected chi connectivity index (χ3v) is 3.78. The molecule has 0 bridgehead atoms. The van der Waals surface area contributed by atoms with Gasteiger partial charge in [0, 0.05) is 12.1 Å². The molecule has 1 heterocycles. The Kier molecular flexibility index (Phi) is 4.93. The number of hydrogen-bond donors (Lipinski definition) is 1. The van der Waals surface area contributed by atoms with Crippen molar-refractivity contribution >= 4 is 16.9 Å². The Bertz CT molecular complexity index is 1000. The van der Waals surface area contributed by atoms with E-state index in [1.165, 1.54) is 12.1 Å². The van der Waals surface area contributed by atoms with Crippen molar-refractivity contribution in [3.05, 3.63) is 58.4 Å². The number of esters is 1. The van der Waals surface area contributed by atoms with Crippen LogP contribution in [-0.4, -0.2) is 24.3 Å². The molecule has 1 aromatic heterocycles. The molecule has 2 aromatic carbocycles. The van der Waals surface area contributed by atoms with Gasteiger partial charge in [0.2, 0.25) is 11.2 Å². The largest absolute Gasteiger partial charge is 0.507 e. The zero-order valence-electron chi connectivity index (χ0n) is 14.4. The van der Waals surface area contributed by atoms with Crippen LogP contribution >= 0.6 is 0 Å². The summed E-state index contributed by atoms with van der Waals surface area (Å²) >= 11 is 0. The van der Waals surface area contributed by atoms with E-state index in [-0.39, 0.29) is 34.6 Å². The molecule has 0 saturated carbocycles. The number of phenolic OH excluding ortho intramolecular Hbond substituents is 1. The van der Waals surface area contributed by atoms with Gasteiger partial charge in [-0.1, -0.05) is 30.3 Å². The Morgan fingerprint density at radius 1 is 1.12 bits per heavy atom. The van der Waals surface area contributed by atoms with Crippen molar-refractivity contribution in [2.45, 2.75) is 13.8 Å². The summed E-state index contributed by atoms with van der Waals surface area (Å²) in [4.78, 5) is 25.5. The van der Waals surface area contributed by atoms with Crippen LogP contribution in [0, 0.1) is 0 Å². The average molecular weight is 354 g/mol. The highest BCUT2D eigenvalue weighted by atomic mass is 16.5. The first-order chi connectivity index (χ1) is 12.6. The van der Waals surface area contributed by atoms with Crippen LogP contribution in [-0.2, 0) is 4.74 Å². The second-order valence-electron chi connectivity index (χ2n) is 5.47. The summed E-state index contributed by atoms with van der Waals surface area (Å²) in [6, 6.07) is 11.5. The summed E-state index contributed by atoms with van der Waals surface area (Å²) in [7, 11) is 0. The van der Waals surface area contributed by atoms with Crippen LogP contribution in [0.15, 0.2) is 51.7 Å². The van der Waals surface area contributed by atoms with Crippen LogP contribution in [0.1, 0.15) is 24.4 Å². The average Bonchev–Trinajstić information content (AvgIpc) is 2.62. The molecule has 0 aliphatic rings. The maximum atomic E-state index is 13.1. The van der Waals surface area contributed by atoms with E-state index in [2.05, 4.69) is 0 Å². The molecule has 0 aliphatic carbocycles. The van der Waals surface area contributed by atoms with Crippen molar-refractivity contribution in [2.75, 3.05) is 13.2 Å². The first-order valence-corrected chi connectivity index (χ1v) is 8.26. The minimum absolute atomic E-state index is 0.0136. The van der Waals surface area contributed by atoms with E-state index in [1.807, 2.05) is 0 Å². The molecule has 6 heteroatoms. The van der Waals surface area contributed by atoms with E-state index in [1.54, 1.807) is 44.2 Å². The summed E-state index contributed by atoms with van der Waals surface area (Å²) in [5, 5.41) is 10.3. The van der Waals surface area contributed by atoms with Crippen molar-refractivity contribution < 1.29 is 23.8 Å². The monoisotopic (exact) mass is 354 g/mol. The van der Waals surface area contributed by atoms with Gasteiger partial charge in [0.1, 0.15) is 22.5 Å². The van der Waals surface area contributed by atoms with E-state index in [0.29, 0.717) is 17.9 Å². The third-order valence-electron chi connectivity index (χ3n) is 3.78. The molecule has 3 rings (SSSR count). The highest BCUT2D eigenvalue weighted by Crippen LogP contribution is 2.32. The van der Waals surface area contributed by atoms with Gasteiger partial charge < -0.3 is 19.0 Å². The second-order valence-corrected chi connectivity index (χ2v) is 5.47.